The molecule has 0 aliphatic rings. The second-order valence-electron chi connectivity index (χ2n) is 6.42. The quantitative estimate of drug-likeness (QED) is 0.883. The molecular formula is C18H23NO3S. The van der Waals surface area contributed by atoms with E-state index in [-0.39, 0.29) is 17.8 Å². The van der Waals surface area contributed by atoms with Crippen molar-refractivity contribution in [3.05, 3.63) is 54.2 Å². The SMILES string of the molecule is CC(C)(C)c1ccc(OC[C@@H](O)C[S@@](=O)c2ccccn2)cc1. The lowest BCUT2D eigenvalue weighted by molar-refractivity contribution is 0.125. The summed E-state index contributed by atoms with van der Waals surface area (Å²) in [7, 11) is -1.33. The number of hydrogen-bond acceptors (Lipinski definition) is 4. The molecule has 2 rings (SSSR count). The number of pyridine rings is 1. The normalized spacial score (nSPS) is 14.3. The molecule has 4 nitrogen and oxygen atoms in total. The van der Waals surface area contributed by atoms with Crippen molar-refractivity contribution in [1.29, 1.82) is 0 Å². The number of nitrogens with zero attached hydrogens (tertiary/aromatic N) is 1. The van der Waals surface area contributed by atoms with Crippen molar-refractivity contribution in [1.82, 2.24) is 4.98 Å². The number of hydrogen-bond donors (Lipinski definition) is 1. The standard InChI is InChI=1S/C18H23NO3S/c1-18(2,3)14-7-9-16(10-8-14)22-12-15(20)13-23(21)17-6-4-5-11-19-17/h4-11,15,20H,12-13H2,1-3H3/t15-,23-/m1/s1. The predicted octanol–water partition coefficient (Wildman–Crippen LogP) is 2.93. The second kappa shape index (κ2) is 7.70. The van der Waals surface area contributed by atoms with Gasteiger partial charge in [-0.2, -0.15) is 0 Å². The largest absolute Gasteiger partial charge is 0.491 e. The van der Waals surface area contributed by atoms with Gasteiger partial charge in [0.1, 0.15) is 17.4 Å². The summed E-state index contributed by atoms with van der Waals surface area (Å²) in [5.74, 6) is 0.803. The Morgan fingerprint density at radius 3 is 2.43 bits per heavy atom. The summed E-state index contributed by atoms with van der Waals surface area (Å²) in [6, 6.07) is 13.1. The topological polar surface area (TPSA) is 59.4 Å². The number of aromatic nitrogens is 1. The summed E-state index contributed by atoms with van der Waals surface area (Å²) in [5, 5.41) is 10.5. The van der Waals surface area contributed by atoms with Crippen LogP contribution in [-0.4, -0.2) is 32.8 Å². The van der Waals surface area contributed by atoms with Crippen molar-refractivity contribution < 1.29 is 14.1 Å². The Balaban J connectivity index is 1.85. The molecule has 0 radical (unpaired) electrons. The van der Waals surface area contributed by atoms with Gasteiger partial charge in [-0.3, -0.25) is 4.21 Å². The fourth-order valence-electron chi connectivity index (χ4n) is 2.03. The van der Waals surface area contributed by atoms with Gasteiger partial charge in [-0.25, -0.2) is 4.98 Å². The molecule has 1 heterocycles. The van der Waals surface area contributed by atoms with Crippen LogP contribution in [-0.2, 0) is 16.2 Å². The summed E-state index contributed by atoms with van der Waals surface area (Å²) < 4.78 is 17.6. The summed E-state index contributed by atoms with van der Waals surface area (Å²) >= 11 is 0. The predicted molar refractivity (Wildman–Crippen MR) is 92.2 cm³/mol. The summed E-state index contributed by atoms with van der Waals surface area (Å²) in [6.07, 6.45) is 0.785. The Labute approximate surface area is 140 Å². The highest BCUT2D eigenvalue weighted by Crippen LogP contribution is 2.24. The number of aliphatic hydroxyl groups is 1. The van der Waals surface area contributed by atoms with E-state index in [0.29, 0.717) is 10.8 Å². The molecule has 0 saturated heterocycles. The van der Waals surface area contributed by atoms with Gasteiger partial charge < -0.3 is 9.84 Å². The lowest BCUT2D eigenvalue weighted by Crippen LogP contribution is -2.24. The second-order valence-corrected chi connectivity index (χ2v) is 7.86. The highest BCUT2D eigenvalue weighted by Gasteiger charge is 2.15. The van der Waals surface area contributed by atoms with Gasteiger partial charge in [0, 0.05) is 6.20 Å². The maximum absolute atomic E-state index is 12.1. The molecule has 1 aromatic carbocycles. The van der Waals surface area contributed by atoms with E-state index < -0.39 is 16.9 Å². The van der Waals surface area contributed by atoms with E-state index >= 15 is 0 Å². The van der Waals surface area contributed by atoms with Crippen molar-refractivity contribution in [2.75, 3.05) is 12.4 Å². The van der Waals surface area contributed by atoms with Crippen LogP contribution in [0.2, 0.25) is 0 Å². The fraction of sp³-hybridized carbons (Fsp3) is 0.389. The lowest BCUT2D eigenvalue weighted by Gasteiger charge is -2.19. The Hall–Kier alpha value is -1.72. The molecule has 0 amide bonds. The van der Waals surface area contributed by atoms with Crippen LogP contribution in [0.1, 0.15) is 26.3 Å². The summed E-state index contributed by atoms with van der Waals surface area (Å²) in [4.78, 5) is 4.03. The minimum absolute atomic E-state index is 0.0949. The average molecular weight is 333 g/mol. The van der Waals surface area contributed by atoms with Gasteiger partial charge >= 0.3 is 0 Å². The van der Waals surface area contributed by atoms with Crippen LogP contribution >= 0.6 is 0 Å². The van der Waals surface area contributed by atoms with Crippen molar-refractivity contribution in [3.8, 4) is 5.75 Å². The van der Waals surface area contributed by atoms with Crippen molar-refractivity contribution >= 4 is 10.8 Å². The molecule has 0 fully saturated rings. The van der Waals surface area contributed by atoms with E-state index in [4.69, 9.17) is 4.74 Å². The highest BCUT2D eigenvalue weighted by molar-refractivity contribution is 7.85. The van der Waals surface area contributed by atoms with Gasteiger partial charge in [-0.15, -0.1) is 0 Å². The van der Waals surface area contributed by atoms with Gasteiger partial charge in [0.25, 0.3) is 0 Å². The Morgan fingerprint density at radius 1 is 1.17 bits per heavy atom. The van der Waals surface area contributed by atoms with Crippen molar-refractivity contribution in [2.24, 2.45) is 0 Å². The van der Waals surface area contributed by atoms with E-state index in [1.54, 1.807) is 24.4 Å². The van der Waals surface area contributed by atoms with Crippen molar-refractivity contribution in [2.45, 2.75) is 37.3 Å². The Kier molecular flexibility index (Phi) is 5.91. The molecule has 5 heteroatoms. The van der Waals surface area contributed by atoms with Crippen LogP contribution in [0, 0.1) is 0 Å². The molecule has 1 N–H and O–H groups in total. The van der Waals surface area contributed by atoms with E-state index in [1.807, 2.05) is 24.3 Å². The van der Waals surface area contributed by atoms with Gasteiger partial charge in [0.05, 0.1) is 22.7 Å². The molecule has 23 heavy (non-hydrogen) atoms. The zero-order valence-electron chi connectivity index (χ0n) is 13.7. The smallest absolute Gasteiger partial charge is 0.127 e. The zero-order valence-corrected chi connectivity index (χ0v) is 14.5. The molecular weight excluding hydrogens is 310 g/mol. The van der Waals surface area contributed by atoms with Crippen LogP contribution in [0.15, 0.2) is 53.7 Å². The van der Waals surface area contributed by atoms with E-state index in [2.05, 4.69) is 25.8 Å². The first-order valence-electron chi connectivity index (χ1n) is 7.57. The number of rotatable bonds is 6. The van der Waals surface area contributed by atoms with Crippen LogP contribution < -0.4 is 4.74 Å². The van der Waals surface area contributed by atoms with E-state index in [1.165, 1.54) is 5.56 Å². The molecule has 0 aliphatic carbocycles. The van der Waals surface area contributed by atoms with Gasteiger partial charge in [0.2, 0.25) is 0 Å². The molecule has 0 saturated carbocycles. The van der Waals surface area contributed by atoms with Crippen LogP contribution in [0.4, 0.5) is 0 Å². The Morgan fingerprint density at radius 2 is 1.87 bits per heavy atom. The van der Waals surface area contributed by atoms with Crippen LogP contribution in [0.5, 0.6) is 5.75 Å². The maximum atomic E-state index is 12.1. The molecule has 0 unspecified atom stereocenters. The van der Waals surface area contributed by atoms with Crippen LogP contribution in [0.3, 0.4) is 0 Å². The van der Waals surface area contributed by atoms with Crippen LogP contribution in [0.25, 0.3) is 0 Å². The molecule has 2 atom stereocenters. The number of benzene rings is 1. The maximum Gasteiger partial charge on any atom is 0.127 e. The van der Waals surface area contributed by atoms with Gasteiger partial charge in [0.15, 0.2) is 0 Å². The molecule has 2 aromatic rings. The third-order valence-electron chi connectivity index (χ3n) is 3.38. The summed E-state index contributed by atoms with van der Waals surface area (Å²) in [5.41, 5.74) is 1.32. The first kappa shape index (κ1) is 17.6. The van der Waals surface area contributed by atoms with E-state index in [9.17, 15) is 9.32 Å². The highest BCUT2D eigenvalue weighted by atomic mass is 32.2. The first-order valence-corrected chi connectivity index (χ1v) is 8.89. The zero-order chi connectivity index (χ0) is 16.9. The molecule has 0 aliphatic heterocycles. The van der Waals surface area contributed by atoms with E-state index in [0.717, 1.165) is 0 Å². The van der Waals surface area contributed by atoms with Gasteiger partial charge in [-0.05, 0) is 35.2 Å². The molecule has 1 aromatic heterocycles. The lowest BCUT2D eigenvalue weighted by atomic mass is 9.87. The van der Waals surface area contributed by atoms with Gasteiger partial charge in [-0.1, -0.05) is 39.0 Å². The molecule has 0 spiro atoms. The monoisotopic (exact) mass is 333 g/mol. The summed E-state index contributed by atoms with van der Waals surface area (Å²) in [6.45, 7) is 6.56. The minimum atomic E-state index is -1.33. The fourth-order valence-corrected chi connectivity index (χ4v) is 3.06. The first-order chi connectivity index (χ1) is 10.9. The number of aliphatic hydroxyl groups excluding tert-OH is 1. The Bertz CT molecular complexity index is 636. The average Bonchev–Trinajstić information content (AvgIpc) is 2.53. The third-order valence-corrected chi connectivity index (χ3v) is 4.77. The molecule has 124 valence electrons. The van der Waals surface area contributed by atoms with Crippen molar-refractivity contribution in [3.63, 3.8) is 0 Å². The minimum Gasteiger partial charge on any atom is -0.491 e. The molecule has 0 bridgehead atoms. The third kappa shape index (κ3) is 5.44. The number of ether oxygens (including phenoxy) is 1.